The third-order valence-electron chi connectivity index (χ3n) is 4.72. The highest BCUT2D eigenvalue weighted by Gasteiger charge is 2.23. The van der Waals surface area contributed by atoms with Gasteiger partial charge in [-0.2, -0.15) is 0 Å². The second-order valence-electron chi connectivity index (χ2n) is 6.73. The largest absolute Gasteiger partial charge is 0.452 e. The van der Waals surface area contributed by atoms with Crippen LogP contribution in [0.15, 0.2) is 30.6 Å². The summed E-state index contributed by atoms with van der Waals surface area (Å²) < 4.78 is 4.97. The molecule has 3 rings (SSSR count). The van der Waals surface area contributed by atoms with Crippen LogP contribution in [-0.2, 0) is 9.53 Å². The summed E-state index contributed by atoms with van der Waals surface area (Å²) in [7, 11) is 0. The molecule has 0 bridgehead atoms. The zero-order chi connectivity index (χ0) is 19.2. The van der Waals surface area contributed by atoms with Gasteiger partial charge in [0.25, 0.3) is 5.91 Å². The lowest BCUT2D eigenvalue weighted by atomic mass is 9.86. The predicted octanol–water partition coefficient (Wildman–Crippen LogP) is 2.19. The number of hydrogen-bond acceptors (Lipinski definition) is 6. The maximum absolute atomic E-state index is 12.1. The number of ether oxygens (including phenoxy) is 1. The quantitative estimate of drug-likeness (QED) is 0.798. The van der Waals surface area contributed by atoms with Crippen LogP contribution in [0.2, 0.25) is 0 Å². The maximum atomic E-state index is 12.1. The van der Waals surface area contributed by atoms with E-state index in [2.05, 4.69) is 27.5 Å². The second kappa shape index (κ2) is 8.57. The van der Waals surface area contributed by atoms with Crippen molar-refractivity contribution in [2.75, 3.05) is 6.61 Å². The number of fused-ring (bicyclic) bond motifs is 1. The van der Waals surface area contributed by atoms with Gasteiger partial charge in [0.1, 0.15) is 0 Å². The molecular weight excluding hydrogens is 348 g/mol. The number of aromatic nitrogens is 2. The molecule has 2 atom stereocenters. The van der Waals surface area contributed by atoms with Crippen LogP contribution >= 0.6 is 0 Å². The molecule has 0 aliphatic heterocycles. The van der Waals surface area contributed by atoms with E-state index >= 15 is 0 Å². The van der Waals surface area contributed by atoms with E-state index in [4.69, 9.17) is 4.74 Å². The van der Waals surface area contributed by atoms with Crippen molar-refractivity contribution in [3.05, 3.63) is 36.2 Å². The zero-order valence-electron chi connectivity index (χ0n) is 15.1. The summed E-state index contributed by atoms with van der Waals surface area (Å²) in [5.41, 5.74) is 1.47. The summed E-state index contributed by atoms with van der Waals surface area (Å²) in [6, 6.07) is 4.25. The number of hydrogen-bond donors (Lipinski definition) is 2. The van der Waals surface area contributed by atoms with Gasteiger partial charge in [0, 0.05) is 18.4 Å². The second-order valence-corrected chi connectivity index (χ2v) is 6.73. The summed E-state index contributed by atoms with van der Waals surface area (Å²) in [5.74, 6) is -0.961. The Kier molecular flexibility index (Phi) is 5.95. The van der Waals surface area contributed by atoms with Gasteiger partial charge in [0.05, 0.1) is 16.6 Å². The van der Waals surface area contributed by atoms with Gasteiger partial charge in [-0.1, -0.05) is 19.8 Å². The maximum Gasteiger partial charge on any atom is 0.338 e. The Morgan fingerprint density at radius 3 is 2.63 bits per heavy atom. The first-order valence-electron chi connectivity index (χ1n) is 9.01. The number of carbonyl (C=O) groups is 3. The van der Waals surface area contributed by atoms with E-state index < -0.39 is 24.5 Å². The van der Waals surface area contributed by atoms with E-state index in [-0.39, 0.29) is 11.6 Å². The highest BCUT2D eigenvalue weighted by atomic mass is 16.5. The average Bonchev–Trinajstić information content (AvgIpc) is 2.67. The Labute approximate surface area is 156 Å². The monoisotopic (exact) mass is 370 g/mol. The standard InChI is InChI=1S/C19H22N4O4/c1-12-4-2-3-5-14(12)22-19(26)23-17(24)11-27-18(25)13-6-7-15-16(10-13)21-9-8-20-15/h6-10,12,14H,2-5,11H2,1H3,(H2,22,23,24,26)/t12-,14-/m0/s1. The molecule has 1 aromatic heterocycles. The molecule has 142 valence electrons. The van der Waals surface area contributed by atoms with Crippen molar-refractivity contribution < 1.29 is 19.1 Å². The molecule has 3 amide bonds. The van der Waals surface area contributed by atoms with Crippen LogP contribution in [0.4, 0.5) is 4.79 Å². The van der Waals surface area contributed by atoms with Crippen molar-refractivity contribution in [3.63, 3.8) is 0 Å². The van der Waals surface area contributed by atoms with E-state index in [1.165, 1.54) is 6.20 Å². The Morgan fingerprint density at radius 1 is 1.11 bits per heavy atom. The molecule has 1 saturated carbocycles. The van der Waals surface area contributed by atoms with Crippen molar-refractivity contribution in [1.29, 1.82) is 0 Å². The van der Waals surface area contributed by atoms with Gasteiger partial charge in [0.15, 0.2) is 6.61 Å². The molecule has 2 aromatic rings. The van der Waals surface area contributed by atoms with Crippen molar-refractivity contribution in [2.45, 2.75) is 38.6 Å². The first-order valence-corrected chi connectivity index (χ1v) is 9.01. The minimum atomic E-state index is -0.676. The van der Waals surface area contributed by atoms with E-state index in [1.54, 1.807) is 24.4 Å². The van der Waals surface area contributed by atoms with Crippen LogP contribution in [0.1, 0.15) is 43.0 Å². The van der Waals surface area contributed by atoms with Crippen LogP contribution in [0, 0.1) is 5.92 Å². The number of rotatable bonds is 4. The Bertz CT molecular complexity index is 854. The number of imide groups is 1. The van der Waals surface area contributed by atoms with Gasteiger partial charge in [-0.05, 0) is 37.0 Å². The first kappa shape index (κ1) is 18.8. The molecule has 1 fully saturated rings. The number of amides is 3. The minimum absolute atomic E-state index is 0.0628. The molecule has 27 heavy (non-hydrogen) atoms. The van der Waals surface area contributed by atoms with Crippen molar-refractivity contribution in [1.82, 2.24) is 20.6 Å². The number of esters is 1. The molecule has 8 nitrogen and oxygen atoms in total. The number of urea groups is 1. The van der Waals surface area contributed by atoms with Crippen molar-refractivity contribution in [3.8, 4) is 0 Å². The van der Waals surface area contributed by atoms with Crippen LogP contribution in [0.25, 0.3) is 11.0 Å². The molecule has 2 N–H and O–H groups in total. The third-order valence-corrected chi connectivity index (χ3v) is 4.72. The van der Waals surface area contributed by atoms with Gasteiger partial charge in [-0.3, -0.25) is 20.1 Å². The Morgan fingerprint density at radius 2 is 1.85 bits per heavy atom. The van der Waals surface area contributed by atoms with Gasteiger partial charge < -0.3 is 10.1 Å². The van der Waals surface area contributed by atoms with E-state index in [0.717, 1.165) is 25.7 Å². The smallest absolute Gasteiger partial charge is 0.338 e. The van der Waals surface area contributed by atoms with Gasteiger partial charge >= 0.3 is 12.0 Å². The molecule has 1 aromatic carbocycles. The van der Waals surface area contributed by atoms with Crippen LogP contribution in [-0.4, -0.2) is 40.5 Å². The molecule has 0 saturated heterocycles. The number of nitrogens with one attached hydrogen (secondary N) is 2. The van der Waals surface area contributed by atoms with E-state index in [1.807, 2.05) is 0 Å². The van der Waals surface area contributed by atoms with E-state index in [0.29, 0.717) is 17.0 Å². The summed E-state index contributed by atoms with van der Waals surface area (Å²) in [6.45, 7) is 1.55. The van der Waals surface area contributed by atoms with Crippen LogP contribution in [0.5, 0.6) is 0 Å². The summed E-state index contributed by atoms with van der Waals surface area (Å²) in [4.78, 5) is 44.1. The van der Waals surface area contributed by atoms with Gasteiger partial charge in [0.2, 0.25) is 0 Å². The number of nitrogens with zero attached hydrogens (tertiary/aromatic N) is 2. The molecule has 0 spiro atoms. The summed E-state index contributed by atoms with van der Waals surface area (Å²) >= 11 is 0. The highest BCUT2D eigenvalue weighted by molar-refractivity contribution is 5.98. The lowest BCUT2D eigenvalue weighted by Gasteiger charge is -2.29. The molecule has 0 radical (unpaired) electrons. The molecular formula is C19H22N4O4. The highest BCUT2D eigenvalue weighted by Crippen LogP contribution is 2.23. The van der Waals surface area contributed by atoms with Gasteiger partial charge in [-0.25, -0.2) is 9.59 Å². The van der Waals surface area contributed by atoms with Crippen molar-refractivity contribution >= 4 is 28.9 Å². The molecule has 1 aliphatic carbocycles. The lowest BCUT2D eigenvalue weighted by molar-refractivity contribution is -0.123. The lowest BCUT2D eigenvalue weighted by Crippen LogP contribution is -2.48. The third kappa shape index (κ3) is 4.99. The fourth-order valence-electron chi connectivity index (χ4n) is 3.20. The van der Waals surface area contributed by atoms with E-state index in [9.17, 15) is 14.4 Å². The fraction of sp³-hybridized carbons (Fsp3) is 0.421. The fourth-order valence-corrected chi connectivity index (χ4v) is 3.20. The minimum Gasteiger partial charge on any atom is -0.452 e. The SMILES string of the molecule is C[C@H]1CCCC[C@@H]1NC(=O)NC(=O)COC(=O)c1ccc2nccnc2c1. The summed E-state index contributed by atoms with van der Waals surface area (Å²) in [5, 5.41) is 5.01. The average molecular weight is 370 g/mol. The Hall–Kier alpha value is -3.03. The molecule has 1 aliphatic rings. The number of carbonyl (C=O) groups excluding carboxylic acids is 3. The Balaban J connectivity index is 1.47. The van der Waals surface area contributed by atoms with Gasteiger partial charge in [-0.15, -0.1) is 0 Å². The zero-order valence-corrected chi connectivity index (χ0v) is 15.1. The molecule has 8 heteroatoms. The van der Waals surface area contributed by atoms with Crippen molar-refractivity contribution in [2.24, 2.45) is 5.92 Å². The molecule has 0 unspecified atom stereocenters. The molecule has 1 heterocycles. The summed E-state index contributed by atoms with van der Waals surface area (Å²) in [6.07, 6.45) is 7.28. The van der Waals surface area contributed by atoms with Crippen LogP contribution in [0.3, 0.4) is 0 Å². The normalized spacial score (nSPS) is 19.3. The topological polar surface area (TPSA) is 110 Å². The van der Waals surface area contributed by atoms with Crippen LogP contribution < -0.4 is 10.6 Å². The predicted molar refractivity (Wildman–Crippen MR) is 97.9 cm³/mol. The number of benzene rings is 1. The first-order chi connectivity index (χ1) is 13.0.